The SMILES string of the molecule is CC(C(=O)NC[C@H](C)O)n1cccn1. The van der Waals surface area contributed by atoms with E-state index in [0.29, 0.717) is 0 Å². The van der Waals surface area contributed by atoms with Crippen LogP contribution in [0.3, 0.4) is 0 Å². The van der Waals surface area contributed by atoms with Gasteiger partial charge >= 0.3 is 0 Å². The number of rotatable bonds is 4. The molecule has 0 fully saturated rings. The van der Waals surface area contributed by atoms with Gasteiger partial charge in [0.2, 0.25) is 5.91 Å². The van der Waals surface area contributed by atoms with Crippen molar-refractivity contribution < 1.29 is 9.90 Å². The number of aliphatic hydroxyl groups excluding tert-OH is 1. The highest BCUT2D eigenvalue weighted by molar-refractivity contribution is 5.79. The van der Waals surface area contributed by atoms with Gasteiger partial charge in [0, 0.05) is 18.9 Å². The van der Waals surface area contributed by atoms with E-state index < -0.39 is 6.10 Å². The maximum Gasteiger partial charge on any atom is 0.244 e. The molecule has 2 atom stereocenters. The molecule has 2 N–H and O–H groups in total. The van der Waals surface area contributed by atoms with Crippen LogP contribution >= 0.6 is 0 Å². The van der Waals surface area contributed by atoms with E-state index in [1.807, 2.05) is 0 Å². The first-order chi connectivity index (χ1) is 6.61. The maximum atomic E-state index is 11.5. The molecule has 0 saturated heterocycles. The van der Waals surface area contributed by atoms with Crippen LogP contribution in [-0.4, -0.2) is 33.4 Å². The van der Waals surface area contributed by atoms with Crippen molar-refractivity contribution in [3.63, 3.8) is 0 Å². The number of hydrogen-bond acceptors (Lipinski definition) is 3. The van der Waals surface area contributed by atoms with Gasteiger partial charge in [0.15, 0.2) is 0 Å². The first kappa shape index (κ1) is 10.7. The predicted octanol–water partition coefficient (Wildman–Crippen LogP) is -0.0589. The molecule has 1 aromatic heterocycles. The molecular formula is C9H15N3O2. The van der Waals surface area contributed by atoms with Gasteiger partial charge in [0.25, 0.3) is 0 Å². The summed E-state index contributed by atoms with van der Waals surface area (Å²) in [5, 5.41) is 15.6. The Hall–Kier alpha value is -1.36. The molecule has 1 aromatic rings. The minimum absolute atomic E-state index is 0.144. The number of nitrogens with zero attached hydrogens (tertiary/aromatic N) is 2. The van der Waals surface area contributed by atoms with Crippen LogP contribution in [0.2, 0.25) is 0 Å². The summed E-state index contributed by atoms with van der Waals surface area (Å²) in [6.07, 6.45) is 2.83. The van der Waals surface area contributed by atoms with Crippen LogP contribution in [0.5, 0.6) is 0 Å². The summed E-state index contributed by atoms with van der Waals surface area (Å²) < 4.78 is 1.57. The van der Waals surface area contributed by atoms with Gasteiger partial charge in [-0.15, -0.1) is 0 Å². The summed E-state index contributed by atoms with van der Waals surface area (Å²) in [7, 11) is 0. The molecule has 0 aliphatic heterocycles. The van der Waals surface area contributed by atoms with Gasteiger partial charge in [-0.05, 0) is 19.9 Å². The van der Waals surface area contributed by atoms with Crippen LogP contribution in [0.4, 0.5) is 0 Å². The number of aromatic nitrogens is 2. The summed E-state index contributed by atoms with van der Waals surface area (Å²) in [5.74, 6) is -0.144. The van der Waals surface area contributed by atoms with E-state index in [2.05, 4.69) is 10.4 Å². The van der Waals surface area contributed by atoms with Crippen molar-refractivity contribution in [3.05, 3.63) is 18.5 Å². The summed E-state index contributed by atoms with van der Waals surface area (Å²) in [4.78, 5) is 11.5. The van der Waals surface area contributed by atoms with E-state index in [1.165, 1.54) is 0 Å². The van der Waals surface area contributed by atoms with Crippen LogP contribution in [0.15, 0.2) is 18.5 Å². The molecule has 5 heteroatoms. The Morgan fingerprint density at radius 3 is 2.86 bits per heavy atom. The Kier molecular flexibility index (Phi) is 3.64. The second kappa shape index (κ2) is 4.76. The lowest BCUT2D eigenvalue weighted by molar-refractivity contribution is -0.124. The molecule has 1 rings (SSSR count). The van der Waals surface area contributed by atoms with Crippen molar-refractivity contribution in [1.29, 1.82) is 0 Å². The first-order valence-electron chi connectivity index (χ1n) is 4.56. The van der Waals surface area contributed by atoms with E-state index in [0.717, 1.165) is 0 Å². The highest BCUT2D eigenvalue weighted by Gasteiger charge is 2.14. The highest BCUT2D eigenvalue weighted by Crippen LogP contribution is 2.02. The van der Waals surface area contributed by atoms with Gasteiger partial charge < -0.3 is 10.4 Å². The van der Waals surface area contributed by atoms with Gasteiger partial charge in [-0.2, -0.15) is 5.10 Å². The Morgan fingerprint density at radius 1 is 1.64 bits per heavy atom. The van der Waals surface area contributed by atoms with Crippen molar-refractivity contribution in [3.8, 4) is 0 Å². The molecule has 0 bridgehead atoms. The molecule has 1 amide bonds. The number of aliphatic hydroxyl groups is 1. The molecule has 0 saturated carbocycles. The lowest BCUT2D eigenvalue weighted by Gasteiger charge is -2.13. The number of amides is 1. The van der Waals surface area contributed by atoms with Gasteiger partial charge in [0.1, 0.15) is 6.04 Å². The van der Waals surface area contributed by atoms with Crippen LogP contribution < -0.4 is 5.32 Å². The largest absolute Gasteiger partial charge is 0.392 e. The second-order valence-corrected chi connectivity index (χ2v) is 3.26. The Morgan fingerprint density at radius 2 is 2.36 bits per heavy atom. The Labute approximate surface area is 82.7 Å². The number of nitrogens with one attached hydrogen (secondary N) is 1. The van der Waals surface area contributed by atoms with Crippen LogP contribution in [0.1, 0.15) is 19.9 Å². The Bertz CT molecular complexity index is 282. The van der Waals surface area contributed by atoms with Crippen LogP contribution in [0, 0.1) is 0 Å². The molecule has 0 aromatic carbocycles. The minimum Gasteiger partial charge on any atom is -0.392 e. The maximum absolute atomic E-state index is 11.5. The van der Waals surface area contributed by atoms with Crippen LogP contribution in [0.25, 0.3) is 0 Å². The fourth-order valence-corrected chi connectivity index (χ4v) is 1.03. The smallest absolute Gasteiger partial charge is 0.244 e. The van der Waals surface area contributed by atoms with Gasteiger partial charge in [-0.25, -0.2) is 0 Å². The predicted molar refractivity (Wildman–Crippen MR) is 51.6 cm³/mol. The molecule has 0 spiro atoms. The van der Waals surface area contributed by atoms with Crippen LogP contribution in [-0.2, 0) is 4.79 Å². The summed E-state index contributed by atoms with van der Waals surface area (Å²) in [5.41, 5.74) is 0. The molecular weight excluding hydrogens is 182 g/mol. The third kappa shape index (κ3) is 2.85. The highest BCUT2D eigenvalue weighted by atomic mass is 16.3. The third-order valence-electron chi connectivity index (χ3n) is 1.87. The van der Waals surface area contributed by atoms with E-state index in [1.54, 1.807) is 37.0 Å². The zero-order valence-electron chi connectivity index (χ0n) is 8.34. The molecule has 78 valence electrons. The van der Waals surface area contributed by atoms with Crippen molar-refractivity contribution >= 4 is 5.91 Å². The first-order valence-corrected chi connectivity index (χ1v) is 4.56. The molecule has 5 nitrogen and oxygen atoms in total. The second-order valence-electron chi connectivity index (χ2n) is 3.26. The lowest BCUT2D eigenvalue weighted by Crippen LogP contribution is -2.35. The molecule has 1 heterocycles. The topological polar surface area (TPSA) is 67.2 Å². The fraction of sp³-hybridized carbons (Fsp3) is 0.556. The molecule has 1 unspecified atom stereocenters. The fourth-order valence-electron chi connectivity index (χ4n) is 1.03. The van der Waals surface area contributed by atoms with Crippen molar-refractivity contribution in [2.45, 2.75) is 26.0 Å². The Balaban J connectivity index is 2.45. The summed E-state index contributed by atoms with van der Waals surface area (Å²) in [6.45, 7) is 3.65. The minimum atomic E-state index is -0.524. The van der Waals surface area contributed by atoms with E-state index in [-0.39, 0.29) is 18.5 Å². The van der Waals surface area contributed by atoms with Crippen molar-refractivity contribution in [1.82, 2.24) is 15.1 Å². The summed E-state index contributed by atoms with van der Waals surface area (Å²) in [6, 6.07) is 1.42. The van der Waals surface area contributed by atoms with Crippen molar-refractivity contribution in [2.75, 3.05) is 6.54 Å². The zero-order valence-corrected chi connectivity index (χ0v) is 8.34. The normalized spacial score (nSPS) is 14.8. The van der Waals surface area contributed by atoms with E-state index in [9.17, 15) is 4.79 Å². The lowest BCUT2D eigenvalue weighted by atomic mass is 10.3. The number of hydrogen-bond donors (Lipinski definition) is 2. The van der Waals surface area contributed by atoms with Gasteiger partial charge in [0.05, 0.1) is 6.10 Å². The molecule has 0 aliphatic carbocycles. The average Bonchev–Trinajstić information content (AvgIpc) is 2.65. The van der Waals surface area contributed by atoms with Gasteiger partial charge in [-0.1, -0.05) is 0 Å². The summed E-state index contributed by atoms with van der Waals surface area (Å²) >= 11 is 0. The molecule has 14 heavy (non-hydrogen) atoms. The number of carbonyl (C=O) groups excluding carboxylic acids is 1. The van der Waals surface area contributed by atoms with Crippen molar-refractivity contribution in [2.24, 2.45) is 0 Å². The average molecular weight is 197 g/mol. The van der Waals surface area contributed by atoms with Gasteiger partial charge in [-0.3, -0.25) is 9.48 Å². The number of carbonyl (C=O) groups is 1. The van der Waals surface area contributed by atoms with E-state index in [4.69, 9.17) is 5.11 Å². The third-order valence-corrected chi connectivity index (χ3v) is 1.87. The quantitative estimate of drug-likeness (QED) is 0.710. The monoisotopic (exact) mass is 197 g/mol. The standard InChI is InChI=1S/C9H15N3O2/c1-7(13)6-10-9(14)8(2)12-5-3-4-11-12/h3-5,7-8,13H,6H2,1-2H3,(H,10,14)/t7-,8?/m0/s1. The zero-order chi connectivity index (χ0) is 10.6. The molecule has 0 radical (unpaired) electrons. The van der Waals surface area contributed by atoms with E-state index >= 15 is 0 Å². The molecule has 0 aliphatic rings.